The van der Waals surface area contributed by atoms with Crippen LogP contribution in [0.15, 0.2) is 35.2 Å². The summed E-state index contributed by atoms with van der Waals surface area (Å²) in [6, 6.07) is 8.10. The summed E-state index contributed by atoms with van der Waals surface area (Å²) in [7, 11) is -3.68. The summed E-state index contributed by atoms with van der Waals surface area (Å²) >= 11 is 5.94. The zero-order valence-electron chi connectivity index (χ0n) is 14.5. The Morgan fingerprint density at radius 3 is 2.69 bits per heavy atom. The van der Waals surface area contributed by atoms with E-state index in [4.69, 9.17) is 16.3 Å². The summed E-state index contributed by atoms with van der Waals surface area (Å²) in [5.41, 5.74) is 0. The molecule has 26 heavy (non-hydrogen) atoms. The fraction of sp³-hybridized carbons (Fsp3) is 0.412. The van der Waals surface area contributed by atoms with Gasteiger partial charge >= 0.3 is 0 Å². The highest BCUT2D eigenvalue weighted by Crippen LogP contribution is 2.22. The molecule has 0 saturated carbocycles. The first-order valence-corrected chi connectivity index (χ1v) is 10.3. The standard InChI is InChI=1S/C17H21ClN4O3S/c1-13-20-16(22-9-4-5-10-22)12-17(21-13)25-11-8-19-26(23,24)15-7-3-2-6-14(15)18/h2-3,6-7,12,19H,4-5,8-11H2,1H3. The van der Waals surface area contributed by atoms with Crippen molar-refractivity contribution >= 4 is 27.4 Å². The number of nitrogens with one attached hydrogen (secondary N) is 1. The molecule has 0 atom stereocenters. The number of hydrogen-bond acceptors (Lipinski definition) is 6. The van der Waals surface area contributed by atoms with Crippen LogP contribution in [0.2, 0.25) is 5.02 Å². The van der Waals surface area contributed by atoms with E-state index in [2.05, 4.69) is 19.6 Å². The molecular weight excluding hydrogens is 376 g/mol. The molecule has 1 fully saturated rings. The van der Waals surface area contributed by atoms with E-state index in [1.165, 1.54) is 12.1 Å². The number of nitrogens with zero attached hydrogens (tertiary/aromatic N) is 3. The van der Waals surface area contributed by atoms with E-state index in [9.17, 15) is 8.42 Å². The van der Waals surface area contributed by atoms with Gasteiger partial charge in [0.05, 0.1) is 5.02 Å². The van der Waals surface area contributed by atoms with E-state index in [0.29, 0.717) is 11.7 Å². The minimum atomic E-state index is -3.68. The largest absolute Gasteiger partial charge is 0.476 e. The molecular formula is C17H21ClN4O3S. The van der Waals surface area contributed by atoms with E-state index < -0.39 is 10.0 Å². The number of rotatable bonds is 7. The average Bonchev–Trinajstić information content (AvgIpc) is 3.13. The number of halogens is 1. The zero-order valence-corrected chi connectivity index (χ0v) is 16.1. The van der Waals surface area contributed by atoms with Gasteiger partial charge in [-0.15, -0.1) is 0 Å². The molecule has 7 nitrogen and oxygen atoms in total. The van der Waals surface area contributed by atoms with Crippen molar-refractivity contribution in [3.63, 3.8) is 0 Å². The molecule has 0 unspecified atom stereocenters. The molecule has 1 aliphatic heterocycles. The smallest absolute Gasteiger partial charge is 0.242 e. The third-order valence-electron chi connectivity index (χ3n) is 4.00. The van der Waals surface area contributed by atoms with E-state index in [1.54, 1.807) is 18.2 Å². The number of sulfonamides is 1. The summed E-state index contributed by atoms with van der Waals surface area (Å²) in [6.07, 6.45) is 2.31. The fourth-order valence-corrected chi connectivity index (χ4v) is 4.31. The molecule has 0 spiro atoms. The van der Waals surface area contributed by atoms with Crippen LogP contribution < -0.4 is 14.4 Å². The number of anilines is 1. The van der Waals surface area contributed by atoms with Crippen molar-refractivity contribution in [3.05, 3.63) is 41.2 Å². The molecule has 1 saturated heterocycles. The van der Waals surface area contributed by atoms with Gasteiger partial charge in [0.2, 0.25) is 15.9 Å². The predicted molar refractivity (Wildman–Crippen MR) is 100 cm³/mol. The highest BCUT2D eigenvalue weighted by Gasteiger charge is 2.17. The van der Waals surface area contributed by atoms with E-state index in [-0.39, 0.29) is 23.1 Å². The van der Waals surface area contributed by atoms with Crippen LogP contribution in [-0.4, -0.2) is 44.6 Å². The molecule has 1 aliphatic rings. The molecule has 0 aliphatic carbocycles. The Morgan fingerprint density at radius 2 is 1.96 bits per heavy atom. The highest BCUT2D eigenvalue weighted by atomic mass is 35.5. The van der Waals surface area contributed by atoms with Crippen molar-refractivity contribution in [1.82, 2.24) is 14.7 Å². The second-order valence-corrected chi connectivity index (χ2v) is 8.12. The molecule has 0 amide bonds. The van der Waals surface area contributed by atoms with E-state index in [0.717, 1.165) is 31.7 Å². The van der Waals surface area contributed by atoms with Gasteiger partial charge in [0.25, 0.3) is 0 Å². The highest BCUT2D eigenvalue weighted by molar-refractivity contribution is 7.89. The average molecular weight is 397 g/mol. The summed E-state index contributed by atoms with van der Waals surface area (Å²) < 4.78 is 32.6. The summed E-state index contributed by atoms with van der Waals surface area (Å²) in [4.78, 5) is 10.9. The third kappa shape index (κ3) is 4.63. The minimum Gasteiger partial charge on any atom is -0.476 e. The summed E-state index contributed by atoms with van der Waals surface area (Å²) in [5.74, 6) is 1.92. The lowest BCUT2D eigenvalue weighted by Crippen LogP contribution is -2.28. The van der Waals surface area contributed by atoms with Crippen LogP contribution >= 0.6 is 11.6 Å². The lowest BCUT2D eigenvalue weighted by atomic mass is 10.4. The Morgan fingerprint density at radius 1 is 1.23 bits per heavy atom. The van der Waals surface area contributed by atoms with Crippen LogP contribution in [0.3, 0.4) is 0 Å². The van der Waals surface area contributed by atoms with Gasteiger partial charge < -0.3 is 9.64 Å². The Balaban J connectivity index is 1.57. The van der Waals surface area contributed by atoms with Gasteiger partial charge in [-0.1, -0.05) is 23.7 Å². The molecule has 0 radical (unpaired) electrons. The summed E-state index contributed by atoms with van der Waals surface area (Å²) in [6.45, 7) is 4.03. The van der Waals surface area contributed by atoms with Gasteiger partial charge in [0, 0.05) is 25.7 Å². The van der Waals surface area contributed by atoms with Gasteiger partial charge in [-0.2, -0.15) is 4.98 Å². The molecule has 1 aromatic heterocycles. The molecule has 3 rings (SSSR count). The molecule has 140 valence electrons. The van der Waals surface area contributed by atoms with Gasteiger partial charge in [-0.05, 0) is 31.9 Å². The SMILES string of the molecule is Cc1nc(OCCNS(=O)(=O)c2ccccc2Cl)cc(N2CCCC2)n1. The van der Waals surface area contributed by atoms with Crippen molar-refractivity contribution in [1.29, 1.82) is 0 Å². The Labute approximate surface area is 158 Å². The molecule has 0 bridgehead atoms. The lowest BCUT2D eigenvalue weighted by Gasteiger charge is -2.17. The van der Waals surface area contributed by atoms with Crippen molar-refractivity contribution in [2.45, 2.75) is 24.7 Å². The Kier molecular flexibility index (Phi) is 5.95. The number of ether oxygens (including phenoxy) is 1. The monoisotopic (exact) mass is 396 g/mol. The predicted octanol–water partition coefficient (Wildman–Crippen LogP) is 2.40. The van der Waals surface area contributed by atoms with E-state index >= 15 is 0 Å². The van der Waals surface area contributed by atoms with Gasteiger partial charge in [0.1, 0.15) is 23.1 Å². The second-order valence-electron chi connectivity index (χ2n) is 5.98. The fourth-order valence-electron chi connectivity index (χ4n) is 2.78. The lowest BCUT2D eigenvalue weighted by molar-refractivity contribution is 0.309. The molecule has 9 heteroatoms. The Hall–Kier alpha value is -1.90. The molecule has 1 aromatic carbocycles. The normalized spacial score (nSPS) is 14.6. The third-order valence-corrected chi connectivity index (χ3v) is 5.96. The van der Waals surface area contributed by atoms with Crippen LogP contribution in [0.25, 0.3) is 0 Å². The molecule has 2 heterocycles. The second kappa shape index (κ2) is 8.20. The first-order chi connectivity index (χ1) is 12.5. The maximum absolute atomic E-state index is 12.3. The van der Waals surface area contributed by atoms with Crippen LogP contribution in [-0.2, 0) is 10.0 Å². The van der Waals surface area contributed by atoms with Crippen LogP contribution in [0.4, 0.5) is 5.82 Å². The Bertz CT molecular complexity index is 870. The minimum absolute atomic E-state index is 0.0517. The summed E-state index contributed by atoms with van der Waals surface area (Å²) in [5, 5.41) is 0.183. The van der Waals surface area contributed by atoms with Crippen LogP contribution in [0.1, 0.15) is 18.7 Å². The van der Waals surface area contributed by atoms with Gasteiger partial charge in [-0.25, -0.2) is 18.1 Å². The first kappa shape index (κ1) is 18.9. The van der Waals surface area contributed by atoms with Crippen molar-refractivity contribution in [2.75, 3.05) is 31.1 Å². The maximum Gasteiger partial charge on any atom is 0.242 e. The van der Waals surface area contributed by atoms with Gasteiger partial charge in [0.15, 0.2) is 0 Å². The quantitative estimate of drug-likeness (QED) is 0.723. The van der Waals surface area contributed by atoms with Crippen molar-refractivity contribution in [3.8, 4) is 5.88 Å². The van der Waals surface area contributed by atoms with Crippen LogP contribution in [0, 0.1) is 6.92 Å². The first-order valence-electron chi connectivity index (χ1n) is 8.43. The number of benzene rings is 1. The zero-order chi connectivity index (χ0) is 18.6. The number of aryl methyl sites for hydroxylation is 1. The maximum atomic E-state index is 12.3. The number of aromatic nitrogens is 2. The molecule has 1 N–H and O–H groups in total. The van der Waals surface area contributed by atoms with Crippen molar-refractivity contribution < 1.29 is 13.2 Å². The van der Waals surface area contributed by atoms with E-state index in [1.807, 2.05) is 6.92 Å². The molecule has 2 aromatic rings. The van der Waals surface area contributed by atoms with Crippen molar-refractivity contribution in [2.24, 2.45) is 0 Å². The topological polar surface area (TPSA) is 84.4 Å². The number of hydrogen-bond donors (Lipinski definition) is 1. The van der Waals surface area contributed by atoms with Gasteiger partial charge in [-0.3, -0.25) is 0 Å². The van der Waals surface area contributed by atoms with Crippen LogP contribution in [0.5, 0.6) is 5.88 Å².